The summed E-state index contributed by atoms with van der Waals surface area (Å²) in [6, 6.07) is 10.4. The maximum atomic E-state index is 6.09. The van der Waals surface area contributed by atoms with Crippen LogP contribution in [0.1, 0.15) is 47.7 Å². The zero-order valence-electron chi connectivity index (χ0n) is 13.6. The van der Waals surface area contributed by atoms with Crippen LogP contribution >= 0.6 is 11.6 Å². The highest BCUT2D eigenvalue weighted by molar-refractivity contribution is 6.30. The summed E-state index contributed by atoms with van der Waals surface area (Å²) in [4.78, 5) is 8.37. The lowest BCUT2D eigenvalue weighted by Gasteiger charge is -2.34. The largest absolute Gasteiger partial charge is 0.357 e. The van der Waals surface area contributed by atoms with Crippen LogP contribution in [0.5, 0.6) is 0 Å². The Morgan fingerprint density at radius 3 is 2.52 bits per heavy atom. The van der Waals surface area contributed by atoms with E-state index in [0.717, 1.165) is 5.02 Å². The Morgan fingerprint density at radius 1 is 1.13 bits per heavy atom. The predicted octanol–water partition coefficient (Wildman–Crippen LogP) is 5.77. The van der Waals surface area contributed by atoms with Crippen LogP contribution in [0.4, 0.5) is 0 Å². The second kappa shape index (κ2) is 5.68. The van der Waals surface area contributed by atoms with E-state index in [1.165, 1.54) is 52.7 Å². The van der Waals surface area contributed by atoms with Gasteiger partial charge in [0, 0.05) is 28.2 Å². The van der Waals surface area contributed by atoms with Crippen molar-refractivity contribution in [1.82, 2.24) is 9.97 Å². The maximum absolute atomic E-state index is 6.09. The van der Waals surface area contributed by atoms with Crippen molar-refractivity contribution < 1.29 is 0 Å². The summed E-state index contributed by atoms with van der Waals surface area (Å²) in [5.74, 6) is 1.03. The number of H-pyrrole nitrogens is 1. The Hall–Kier alpha value is -1.80. The van der Waals surface area contributed by atoms with Crippen LogP contribution in [0.15, 0.2) is 36.5 Å². The van der Waals surface area contributed by atoms with E-state index in [-0.39, 0.29) is 0 Å². The molecule has 3 heteroatoms. The van der Waals surface area contributed by atoms with E-state index >= 15 is 0 Å². The average Bonchev–Trinajstić information content (AvgIpc) is 2.80. The molecule has 1 saturated carbocycles. The first-order valence-corrected chi connectivity index (χ1v) is 8.72. The lowest BCUT2D eigenvalue weighted by atomic mass is 9.71. The van der Waals surface area contributed by atoms with E-state index < -0.39 is 0 Å². The molecule has 1 aliphatic rings. The van der Waals surface area contributed by atoms with E-state index in [1.807, 2.05) is 18.3 Å². The van der Waals surface area contributed by atoms with Crippen molar-refractivity contribution in [2.45, 2.75) is 39.0 Å². The van der Waals surface area contributed by atoms with Crippen LogP contribution in [0, 0.1) is 19.8 Å². The number of aromatic nitrogens is 2. The first-order valence-electron chi connectivity index (χ1n) is 8.34. The number of benzene rings is 1. The molecule has 4 rings (SSSR count). The van der Waals surface area contributed by atoms with E-state index in [1.54, 1.807) is 0 Å². The first kappa shape index (κ1) is 14.8. The molecule has 1 unspecified atom stereocenters. The van der Waals surface area contributed by atoms with Crippen LogP contribution in [-0.2, 0) is 0 Å². The number of pyridine rings is 1. The maximum Gasteiger partial charge on any atom is 0.0721 e. The Bertz CT molecular complexity index is 844. The van der Waals surface area contributed by atoms with E-state index in [2.05, 4.69) is 37.0 Å². The van der Waals surface area contributed by atoms with Crippen molar-refractivity contribution in [3.63, 3.8) is 0 Å². The molecule has 0 saturated heterocycles. The quantitative estimate of drug-likeness (QED) is 0.651. The minimum atomic E-state index is 0.349. The van der Waals surface area contributed by atoms with Crippen molar-refractivity contribution in [2.75, 3.05) is 0 Å². The summed E-state index contributed by atoms with van der Waals surface area (Å²) in [5, 5.41) is 2.09. The van der Waals surface area contributed by atoms with Crippen molar-refractivity contribution >= 4 is 22.5 Å². The van der Waals surface area contributed by atoms with E-state index in [9.17, 15) is 0 Å². The second-order valence-corrected chi connectivity index (χ2v) is 7.15. The van der Waals surface area contributed by atoms with Crippen LogP contribution in [0.25, 0.3) is 10.9 Å². The molecule has 2 heterocycles. The summed E-state index contributed by atoms with van der Waals surface area (Å²) >= 11 is 6.09. The third-order valence-electron chi connectivity index (χ3n) is 5.40. The highest BCUT2D eigenvalue weighted by atomic mass is 35.5. The zero-order valence-corrected chi connectivity index (χ0v) is 14.3. The van der Waals surface area contributed by atoms with Gasteiger partial charge in [0.25, 0.3) is 0 Å². The van der Waals surface area contributed by atoms with Gasteiger partial charge in [-0.2, -0.15) is 0 Å². The van der Waals surface area contributed by atoms with Crippen LogP contribution in [0.3, 0.4) is 0 Å². The van der Waals surface area contributed by atoms with Gasteiger partial charge in [0.05, 0.1) is 11.2 Å². The summed E-state index contributed by atoms with van der Waals surface area (Å²) in [6.07, 6.45) is 5.85. The van der Waals surface area contributed by atoms with Gasteiger partial charge in [0.15, 0.2) is 0 Å². The summed E-state index contributed by atoms with van der Waals surface area (Å²) in [6.45, 7) is 4.32. The number of aromatic amines is 1. The van der Waals surface area contributed by atoms with Gasteiger partial charge in [0.1, 0.15) is 0 Å². The summed E-state index contributed by atoms with van der Waals surface area (Å²) in [7, 11) is 0. The van der Waals surface area contributed by atoms with Gasteiger partial charge in [0.2, 0.25) is 0 Å². The molecule has 23 heavy (non-hydrogen) atoms. The lowest BCUT2D eigenvalue weighted by Crippen LogP contribution is -2.22. The Balaban J connectivity index is 1.90. The topological polar surface area (TPSA) is 28.7 Å². The fraction of sp³-hybridized carbons (Fsp3) is 0.350. The third-order valence-corrected chi connectivity index (χ3v) is 5.66. The monoisotopic (exact) mass is 324 g/mol. The molecule has 2 aromatic heterocycles. The molecule has 1 atom stereocenters. The fourth-order valence-corrected chi connectivity index (χ4v) is 3.86. The first-order chi connectivity index (χ1) is 11.1. The smallest absolute Gasteiger partial charge is 0.0721 e. The lowest BCUT2D eigenvalue weighted by molar-refractivity contribution is 0.282. The molecule has 0 spiro atoms. The molecular weight excluding hydrogens is 304 g/mol. The van der Waals surface area contributed by atoms with Crippen molar-refractivity contribution in [2.24, 2.45) is 5.92 Å². The predicted molar refractivity (Wildman–Crippen MR) is 96.2 cm³/mol. The standard InChI is InChI=1S/C20H21ClN2/c1-12-13(2)23-19-17(12)10-11-22-20(19)18(14-4-3-5-14)15-6-8-16(21)9-7-15/h6-11,14,18,23H,3-5H2,1-2H3. The molecule has 0 aliphatic heterocycles. The minimum Gasteiger partial charge on any atom is -0.357 e. The van der Waals surface area contributed by atoms with Gasteiger partial charge in [-0.25, -0.2) is 0 Å². The number of fused-ring (bicyclic) bond motifs is 1. The Labute approximate surface area is 141 Å². The van der Waals surface area contributed by atoms with Gasteiger partial charge in [-0.3, -0.25) is 4.98 Å². The fourth-order valence-electron chi connectivity index (χ4n) is 3.74. The molecule has 0 bridgehead atoms. The SMILES string of the molecule is Cc1[nH]c2c(C(c3ccc(Cl)cc3)C3CCC3)nccc2c1C. The van der Waals surface area contributed by atoms with Crippen LogP contribution in [0.2, 0.25) is 5.02 Å². The molecule has 1 aliphatic carbocycles. The molecule has 1 N–H and O–H groups in total. The molecule has 1 fully saturated rings. The van der Waals surface area contributed by atoms with Crippen LogP contribution < -0.4 is 0 Å². The number of halogens is 1. The van der Waals surface area contributed by atoms with Gasteiger partial charge in [-0.1, -0.05) is 30.2 Å². The summed E-state index contributed by atoms with van der Waals surface area (Å²) < 4.78 is 0. The van der Waals surface area contributed by atoms with Gasteiger partial charge >= 0.3 is 0 Å². The van der Waals surface area contributed by atoms with Gasteiger partial charge in [-0.05, 0) is 61.9 Å². The van der Waals surface area contributed by atoms with Crippen LogP contribution in [-0.4, -0.2) is 9.97 Å². The zero-order chi connectivity index (χ0) is 16.0. The molecule has 0 amide bonds. The number of hydrogen-bond donors (Lipinski definition) is 1. The van der Waals surface area contributed by atoms with Gasteiger partial charge in [-0.15, -0.1) is 0 Å². The average molecular weight is 325 g/mol. The number of nitrogens with one attached hydrogen (secondary N) is 1. The Kier molecular flexibility index (Phi) is 3.65. The Morgan fingerprint density at radius 2 is 1.87 bits per heavy atom. The molecule has 0 radical (unpaired) electrons. The number of aryl methyl sites for hydroxylation is 2. The molecule has 1 aromatic carbocycles. The van der Waals surface area contributed by atoms with Gasteiger partial charge < -0.3 is 4.98 Å². The second-order valence-electron chi connectivity index (χ2n) is 6.71. The number of hydrogen-bond acceptors (Lipinski definition) is 1. The van der Waals surface area contributed by atoms with E-state index in [4.69, 9.17) is 16.6 Å². The van der Waals surface area contributed by atoms with Crippen molar-refractivity contribution in [1.29, 1.82) is 0 Å². The van der Waals surface area contributed by atoms with E-state index in [0.29, 0.717) is 11.8 Å². The number of nitrogens with zero attached hydrogens (tertiary/aromatic N) is 1. The third kappa shape index (κ3) is 2.46. The molecular formula is C20H21ClN2. The molecule has 118 valence electrons. The highest BCUT2D eigenvalue weighted by Crippen LogP contribution is 2.44. The van der Waals surface area contributed by atoms with Crippen molar-refractivity contribution in [3.05, 3.63) is 64.1 Å². The summed E-state index contributed by atoms with van der Waals surface area (Å²) in [5.41, 5.74) is 6.27. The minimum absolute atomic E-state index is 0.349. The normalized spacial score (nSPS) is 16.5. The molecule has 2 nitrogen and oxygen atoms in total. The highest BCUT2D eigenvalue weighted by Gasteiger charge is 2.32. The number of rotatable bonds is 3. The molecule has 3 aromatic rings. The van der Waals surface area contributed by atoms with Crippen molar-refractivity contribution in [3.8, 4) is 0 Å².